The normalized spacial score (nSPS) is 12.4. The van der Waals surface area contributed by atoms with Crippen LogP contribution in [0.1, 0.15) is 15.9 Å². The maximum atomic E-state index is 13.2. The van der Waals surface area contributed by atoms with Gasteiger partial charge in [0.15, 0.2) is 5.78 Å². The van der Waals surface area contributed by atoms with Crippen LogP contribution in [0.4, 0.5) is 11.4 Å². The molecule has 5 rings (SSSR count). The Hall–Kier alpha value is -4.35. The van der Waals surface area contributed by atoms with E-state index in [1.54, 1.807) is 60.7 Å². The zero-order chi connectivity index (χ0) is 27.1. The van der Waals surface area contributed by atoms with Crippen LogP contribution in [0, 0.1) is 0 Å². The van der Waals surface area contributed by atoms with E-state index in [2.05, 4.69) is 9.44 Å². The first-order chi connectivity index (χ1) is 18.1. The van der Waals surface area contributed by atoms with Crippen molar-refractivity contribution in [3.8, 4) is 22.6 Å². The van der Waals surface area contributed by atoms with Crippen molar-refractivity contribution in [2.45, 2.75) is 9.79 Å². The van der Waals surface area contributed by atoms with Crippen LogP contribution < -0.4 is 18.9 Å². The summed E-state index contributed by atoms with van der Waals surface area (Å²) in [5.41, 5.74) is 2.08. The van der Waals surface area contributed by atoms with Crippen molar-refractivity contribution in [1.82, 2.24) is 0 Å². The third kappa shape index (κ3) is 4.69. The molecule has 0 unspecified atom stereocenters. The lowest BCUT2D eigenvalue weighted by Crippen LogP contribution is -2.14. The fraction of sp³-hybridized carbons (Fsp3) is 0.0741. The fourth-order valence-corrected chi connectivity index (χ4v) is 6.29. The van der Waals surface area contributed by atoms with Crippen LogP contribution in [0.5, 0.6) is 11.5 Å². The average Bonchev–Trinajstić information content (AvgIpc) is 3.20. The number of rotatable bonds is 8. The molecule has 4 aromatic carbocycles. The van der Waals surface area contributed by atoms with Crippen LogP contribution in [0.15, 0.2) is 94.7 Å². The number of sulfonamides is 2. The van der Waals surface area contributed by atoms with Gasteiger partial charge in [0.25, 0.3) is 20.0 Å². The van der Waals surface area contributed by atoms with E-state index < -0.39 is 25.8 Å². The van der Waals surface area contributed by atoms with Crippen LogP contribution >= 0.6 is 0 Å². The minimum atomic E-state index is -3.99. The minimum Gasteiger partial charge on any atom is -0.497 e. The molecule has 11 heteroatoms. The average molecular weight is 551 g/mol. The van der Waals surface area contributed by atoms with Crippen molar-refractivity contribution in [3.63, 3.8) is 0 Å². The topological polar surface area (TPSA) is 128 Å². The Labute approximate surface area is 220 Å². The molecule has 0 atom stereocenters. The van der Waals surface area contributed by atoms with Crippen molar-refractivity contribution < 1.29 is 31.1 Å². The second kappa shape index (κ2) is 9.51. The Morgan fingerprint density at radius 3 is 1.24 bits per heavy atom. The molecule has 0 radical (unpaired) electrons. The first kappa shape index (κ1) is 25.3. The molecule has 0 bridgehead atoms. The van der Waals surface area contributed by atoms with Crippen LogP contribution in [-0.2, 0) is 20.0 Å². The van der Waals surface area contributed by atoms with Gasteiger partial charge in [-0.05, 0) is 83.9 Å². The number of benzene rings is 4. The summed E-state index contributed by atoms with van der Waals surface area (Å²) >= 11 is 0. The predicted molar refractivity (Wildman–Crippen MR) is 143 cm³/mol. The number of nitrogens with one attached hydrogen (secondary N) is 2. The zero-order valence-corrected chi connectivity index (χ0v) is 21.9. The van der Waals surface area contributed by atoms with Gasteiger partial charge in [0.1, 0.15) is 11.5 Å². The number of fused-ring (bicyclic) bond motifs is 3. The van der Waals surface area contributed by atoms with E-state index in [9.17, 15) is 21.6 Å². The van der Waals surface area contributed by atoms with E-state index in [4.69, 9.17) is 9.47 Å². The number of anilines is 2. The molecule has 194 valence electrons. The molecule has 0 saturated carbocycles. The number of ketones is 1. The van der Waals surface area contributed by atoms with Crippen molar-refractivity contribution in [3.05, 3.63) is 96.1 Å². The number of hydrogen-bond acceptors (Lipinski definition) is 7. The number of carbonyl (C=O) groups is 1. The van der Waals surface area contributed by atoms with E-state index in [0.29, 0.717) is 34.0 Å². The lowest BCUT2D eigenvalue weighted by Gasteiger charge is -2.10. The van der Waals surface area contributed by atoms with Gasteiger partial charge in [-0.3, -0.25) is 14.2 Å². The predicted octanol–water partition coefficient (Wildman–Crippen LogP) is 4.52. The lowest BCUT2D eigenvalue weighted by molar-refractivity contribution is 0.104. The molecule has 0 saturated heterocycles. The van der Waals surface area contributed by atoms with Crippen molar-refractivity contribution in [1.29, 1.82) is 0 Å². The molecule has 38 heavy (non-hydrogen) atoms. The summed E-state index contributed by atoms with van der Waals surface area (Å²) in [4.78, 5) is 13.1. The van der Waals surface area contributed by atoms with Crippen LogP contribution in [0.2, 0.25) is 0 Å². The number of carbonyl (C=O) groups excluding carboxylic acids is 1. The summed E-state index contributed by atoms with van der Waals surface area (Å²) in [6.07, 6.45) is 0. The Morgan fingerprint density at radius 1 is 0.526 bits per heavy atom. The van der Waals surface area contributed by atoms with Gasteiger partial charge in [0.2, 0.25) is 0 Å². The van der Waals surface area contributed by atoms with E-state index >= 15 is 0 Å². The first-order valence-corrected chi connectivity index (χ1v) is 14.2. The van der Waals surface area contributed by atoms with Crippen LogP contribution in [0.3, 0.4) is 0 Å². The molecule has 0 fully saturated rings. The summed E-state index contributed by atoms with van der Waals surface area (Å²) in [5, 5.41) is 0. The summed E-state index contributed by atoms with van der Waals surface area (Å²) in [5.74, 6) is 0.696. The van der Waals surface area contributed by atoms with Crippen molar-refractivity contribution in [2.75, 3.05) is 23.7 Å². The summed E-state index contributed by atoms with van der Waals surface area (Å²) in [6, 6.07) is 21.2. The minimum absolute atomic E-state index is 0.0951. The molecule has 1 aliphatic rings. The zero-order valence-electron chi connectivity index (χ0n) is 20.3. The summed E-state index contributed by atoms with van der Waals surface area (Å²) < 4.78 is 67.1. The van der Waals surface area contributed by atoms with Gasteiger partial charge in [0, 0.05) is 22.5 Å². The smallest absolute Gasteiger partial charge is 0.261 e. The first-order valence-electron chi connectivity index (χ1n) is 11.3. The molecule has 0 aromatic heterocycles. The number of methoxy groups -OCH3 is 2. The largest absolute Gasteiger partial charge is 0.497 e. The Morgan fingerprint density at radius 2 is 0.895 bits per heavy atom. The van der Waals surface area contributed by atoms with Gasteiger partial charge >= 0.3 is 0 Å². The SMILES string of the molecule is COc1ccc(NS(=O)(=O)c2ccc3c(c2)C(=O)c2cc(S(=O)(=O)Nc4ccc(OC)cc4)ccc2-3)cc1. The highest BCUT2D eigenvalue weighted by atomic mass is 32.2. The number of hydrogen-bond donors (Lipinski definition) is 2. The molecule has 2 N–H and O–H groups in total. The quantitative estimate of drug-likeness (QED) is 0.291. The summed E-state index contributed by atoms with van der Waals surface area (Å²) in [6.45, 7) is 0. The molecular weight excluding hydrogens is 528 g/mol. The molecule has 9 nitrogen and oxygen atoms in total. The Kier molecular flexibility index (Phi) is 6.33. The fourth-order valence-electron chi connectivity index (χ4n) is 4.12. The van der Waals surface area contributed by atoms with E-state index in [-0.39, 0.29) is 20.9 Å². The van der Waals surface area contributed by atoms with E-state index in [1.807, 2.05) is 0 Å². The van der Waals surface area contributed by atoms with Gasteiger partial charge in [-0.15, -0.1) is 0 Å². The highest BCUT2D eigenvalue weighted by Crippen LogP contribution is 2.39. The third-order valence-electron chi connectivity index (χ3n) is 6.07. The highest BCUT2D eigenvalue weighted by Gasteiger charge is 2.30. The van der Waals surface area contributed by atoms with Crippen molar-refractivity contribution in [2.24, 2.45) is 0 Å². The van der Waals surface area contributed by atoms with Crippen LogP contribution in [-0.4, -0.2) is 36.8 Å². The molecule has 1 aliphatic carbocycles. The molecule has 4 aromatic rings. The van der Waals surface area contributed by atoms with Crippen molar-refractivity contribution >= 4 is 37.2 Å². The van der Waals surface area contributed by atoms with E-state index in [1.165, 1.54) is 38.5 Å². The second-order valence-corrected chi connectivity index (χ2v) is 11.8. The second-order valence-electron chi connectivity index (χ2n) is 8.41. The van der Waals surface area contributed by atoms with Gasteiger partial charge in [0.05, 0.1) is 24.0 Å². The molecular formula is C27H22N2O7S2. The van der Waals surface area contributed by atoms with Gasteiger partial charge in [-0.1, -0.05) is 12.1 Å². The molecule has 0 amide bonds. The Balaban J connectivity index is 1.42. The monoisotopic (exact) mass is 550 g/mol. The summed E-state index contributed by atoms with van der Waals surface area (Å²) in [7, 11) is -4.97. The van der Waals surface area contributed by atoms with Gasteiger partial charge < -0.3 is 9.47 Å². The van der Waals surface area contributed by atoms with Crippen LogP contribution in [0.25, 0.3) is 11.1 Å². The Bertz CT molecular complexity index is 1630. The van der Waals surface area contributed by atoms with E-state index in [0.717, 1.165) is 0 Å². The molecule has 0 heterocycles. The highest BCUT2D eigenvalue weighted by molar-refractivity contribution is 7.93. The molecule has 0 spiro atoms. The van der Waals surface area contributed by atoms with Gasteiger partial charge in [-0.2, -0.15) is 0 Å². The standard InChI is InChI=1S/C27H22N2O7S2/c1-35-19-7-3-17(4-8-19)28-37(31,32)21-11-13-23-24-14-12-22(16-26(24)27(30)25(23)15-21)38(33,34)29-18-5-9-20(36-2)10-6-18/h3-16,28-29H,1-2H3. The third-order valence-corrected chi connectivity index (χ3v) is 8.82. The lowest BCUT2D eigenvalue weighted by atomic mass is 10.1. The maximum absolute atomic E-state index is 13.2. The number of ether oxygens (including phenoxy) is 2. The maximum Gasteiger partial charge on any atom is 0.261 e. The van der Waals surface area contributed by atoms with Gasteiger partial charge in [-0.25, -0.2) is 16.8 Å². The molecule has 0 aliphatic heterocycles.